The third kappa shape index (κ3) is 3.17. The number of nitrogen functional groups attached to an aromatic ring is 1. The second-order valence-electron chi connectivity index (χ2n) is 4.99. The lowest BCUT2D eigenvalue weighted by atomic mass is 10.2. The lowest BCUT2D eigenvalue weighted by Gasteiger charge is -2.31. The Kier molecular flexibility index (Phi) is 4.08. The molecule has 1 fully saturated rings. The SMILES string of the molecule is CCN1CCOC(c2nc(N)nc(-c3ccccc3)n2)C1. The molecule has 0 spiro atoms. The van der Waals surface area contributed by atoms with E-state index in [4.69, 9.17) is 10.5 Å². The van der Waals surface area contributed by atoms with Crippen molar-refractivity contribution in [1.82, 2.24) is 19.9 Å². The van der Waals surface area contributed by atoms with E-state index in [-0.39, 0.29) is 12.1 Å². The van der Waals surface area contributed by atoms with Crippen molar-refractivity contribution in [3.63, 3.8) is 0 Å². The summed E-state index contributed by atoms with van der Waals surface area (Å²) in [4.78, 5) is 15.3. The smallest absolute Gasteiger partial charge is 0.223 e. The second kappa shape index (κ2) is 6.15. The molecule has 1 aromatic heterocycles. The first kappa shape index (κ1) is 13.9. The molecule has 0 bridgehead atoms. The Morgan fingerprint density at radius 1 is 1.24 bits per heavy atom. The number of likely N-dealkylation sites (N-methyl/N-ethyl adjacent to an activating group) is 1. The first-order valence-corrected chi connectivity index (χ1v) is 7.17. The van der Waals surface area contributed by atoms with E-state index in [0.29, 0.717) is 18.3 Å². The Balaban J connectivity index is 1.91. The predicted octanol–water partition coefficient (Wildman–Crippen LogP) is 1.51. The summed E-state index contributed by atoms with van der Waals surface area (Å²) >= 11 is 0. The monoisotopic (exact) mass is 285 g/mol. The van der Waals surface area contributed by atoms with Crippen molar-refractivity contribution in [3.8, 4) is 11.4 Å². The van der Waals surface area contributed by atoms with Gasteiger partial charge in [-0.3, -0.25) is 4.90 Å². The topological polar surface area (TPSA) is 77.2 Å². The van der Waals surface area contributed by atoms with Crippen molar-refractivity contribution >= 4 is 5.95 Å². The number of morpholine rings is 1. The molecule has 110 valence electrons. The van der Waals surface area contributed by atoms with Crippen LogP contribution in [0.5, 0.6) is 0 Å². The number of rotatable bonds is 3. The number of nitrogens with zero attached hydrogens (tertiary/aromatic N) is 4. The van der Waals surface area contributed by atoms with Crippen LogP contribution in [0.3, 0.4) is 0 Å². The Hall–Kier alpha value is -2.05. The molecule has 3 rings (SSSR count). The maximum atomic E-state index is 5.84. The van der Waals surface area contributed by atoms with E-state index in [9.17, 15) is 0 Å². The number of hydrogen-bond donors (Lipinski definition) is 1. The standard InChI is InChI=1S/C15H19N5O/c1-2-20-8-9-21-12(10-20)14-17-13(18-15(16)19-14)11-6-4-3-5-7-11/h3-7,12H,2,8-10H2,1H3,(H2,16,17,18,19). The van der Waals surface area contributed by atoms with Gasteiger partial charge in [-0.2, -0.15) is 9.97 Å². The van der Waals surface area contributed by atoms with E-state index in [1.807, 2.05) is 30.3 Å². The van der Waals surface area contributed by atoms with Gasteiger partial charge in [0.05, 0.1) is 6.61 Å². The third-order valence-corrected chi connectivity index (χ3v) is 3.59. The van der Waals surface area contributed by atoms with Gasteiger partial charge in [0.1, 0.15) is 6.10 Å². The minimum atomic E-state index is -0.147. The highest BCUT2D eigenvalue weighted by molar-refractivity contribution is 5.55. The molecular weight excluding hydrogens is 266 g/mol. The summed E-state index contributed by atoms with van der Waals surface area (Å²) in [5, 5.41) is 0. The van der Waals surface area contributed by atoms with Gasteiger partial charge in [-0.15, -0.1) is 0 Å². The molecule has 6 nitrogen and oxygen atoms in total. The molecule has 1 atom stereocenters. The van der Waals surface area contributed by atoms with Crippen molar-refractivity contribution in [3.05, 3.63) is 36.2 Å². The van der Waals surface area contributed by atoms with E-state index < -0.39 is 0 Å². The molecule has 0 amide bonds. The number of anilines is 1. The number of nitrogens with two attached hydrogens (primary N) is 1. The maximum absolute atomic E-state index is 5.84. The zero-order valence-corrected chi connectivity index (χ0v) is 12.1. The summed E-state index contributed by atoms with van der Waals surface area (Å²) in [5.41, 5.74) is 6.77. The minimum absolute atomic E-state index is 0.147. The van der Waals surface area contributed by atoms with Gasteiger partial charge in [-0.1, -0.05) is 37.3 Å². The fourth-order valence-corrected chi connectivity index (χ4v) is 2.42. The Bertz CT molecular complexity index is 604. The maximum Gasteiger partial charge on any atom is 0.223 e. The molecule has 2 N–H and O–H groups in total. The molecule has 1 saturated heterocycles. The third-order valence-electron chi connectivity index (χ3n) is 3.59. The van der Waals surface area contributed by atoms with Gasteiger partial charge in [0.15, 0.2) is 11.6 Å². The summed E-state index contributed by atoms with van der Waals surface area (Å²) in [6.07, 6.45) is -0.147. The predicted molar refractivity (Wildman–Crippen MR) is 80.5 cm³/mol. The van der Waals surface area contributed by atoms with Crippen LogP contribution in [0.25, 0.3) is 11.4 Å². The molecule has 6 heteroatoms. The molecule has 1 aliphatic heterocycles. The van der Waals surface area contributed by atoms with Gasteiger partial charge in [-0.25, -0.2) is 4.98 Å². The molecule has 1 aromatic carbocycles. The van der Waals surface area contributed by atoms with Gasteiger partial charge in [0, 0.05) is 18.7 Å². The molecular formula is C15H19N5O. The second-order valence-corrected chi connectivity index (χ2v) is 4.99. The Labute approximate surface area is 124 Å². The van der Waals surface area contributed by atoms with E-state index in [1.54, 1.807) is 0 Å². The van der Waals surface area contributed by atoms with Crippen LogP contribution in [0, 0.1) is 0 Å². The average molecular weight is 285 g/mol. The number of hydrogen-bond acceptors (Lipinski definition) is 6. The van der Waals surface area contributed by atoms with Crippen molar-refractivity contribution in [2.75, 3.05) is 32.0 Å². The van der Waals surface area contributed by atoms with Crippen molar-refractivity contribution in [2.45, 2.75) is 13.0 Å². The van der Waals surface area contributed by atoms with Gasteiger partial charge in [0.25, 0.3) is 0 Å². The summed E-state index contributed by atoms with van der Waals surface area (Å²) < 4.78 is 5.79. The van der Waals surface area contributed by atoms with Crippen LogP contribution >= 0.6 is 0 Å². The molecule has 0 saturated carbocycles. The average Bonchev–Trinajstić information content (AvgIpc) is 2.55. The van der Waals surface area contributed by atoms with Crippen molar-refractivity contribution < 1.29 is 4.74 Å². The molecule has 1 aliphatic rings. The first-order chi connectivity index (χ1) is 10.3. The van der Waals surface area contributed by atoms with Crippen molar-refractivity contribution in [2.24, 2.45) is 0 Å². The highest BCUT2D eigenvalue weighted by atomic mass is 16.5. The van der Waals surface area contributed by atoms with E-state index in [1.165, 1.54) is 0 Å². The summed E-state index contributed by atoms with van der Waals surface area (Å²) in [6, 6.07) is 9.77. The number of aromatic nitrogens is 3. The number of benzene rings is 1. The highest BCUT2D eigenvalue weighted by Gasteiger charge is 2.24. The van der Waals surface area contributed by atoms with Crippen LogP contribution in [0.1, 0.15) is 18.9 Å². The van der Waals surface area contributed by atoms with E-state index in [0.717, 1.165) is 25.2 Å². The lowest BCUT2D eigenvalue weighted by Crippen LogP contribution is -2.38. The van der Waals surface area contributed by atoms with Gasteiger partial charge in [-0.05, 0) is 6.54 Å². The zero-order valence-electron chi connectivity index (χ0n) is 12.1. The largest absolute Gasteiger partial charge is 0.368 e. The summed E-state index contributed by atoms with van der Waals surface area (Å²) in [7, 11) is 0. The molecule has 0 radical (unpaired) electrons. The molecule has 2 heterocycles. The lowest BCUT2D eigenvalue weighted by molar-refractivity contribution is -0.0325. The van der Waals surface area contributed by atoms with Gasteiger partial charge >= 0.3 is 0 Å². The van der Waals surface area contributed by atoms with Crippen LogP contribution in [0.15, 0.2) is 30.3 Å². The van der Waals surface area contributed by atoms with Crippen LogP contribution in [-0.2, 0) is 4.74 Å². The van der Waals surface area contributed by atoms with E-state index >= 15 is 0 Å². The minimum Gasteiger partial charge on any atom is -0.368 e. The van der Waals surface area contributed by atoms with Crippen LogP contribution in [0.2, 0.25) is 0 Å². The Morgan fingerprint density at radius 3 is 2.81 bits per heavy atom. The molecule has 1 unspecified atom stereocenters. The normalized spacial score (nSPS) is 19.6. The van der Waals surface area contributed by atoms with E-state index in [2.05, 4.69) is 26.8 Å². The summed E-state index contributed by atoms with van der Waals surface area (Å²) in [6.45, 7) is 5.55. The zero-order chi connectivity index (χ0) is 14.7. The van der Waals surface area contributed by atoms with Crippen LogP contribution in [0.4, 0.5) is 5.95 Å². The first-order valence-electron chi connectivity index (χ1n) is 7.17. The highest BCUT2D eigenvalue weighted by Crippen LogP contribution is 2.22. The summed E-state index contributed by atoms with van der Waals surface area (Å²) in [5.74, 6) is 1.44. The molecule has 21 heavy (non-hydrogen) atoms. The quantitative estimate of drug-likeness (QED) is 0.921. The van der Waals surface area contributed by atoms with Crippen molar-refractivity contribution in [1.29, 1.82) is 0 Å². The van der Waals surface area contributed by atoms with Gasteiger partial charge < -0.3 is 10.5 Å². The fourth-order valence-electron chi connectivity index (χ4n) is 2.42. The molecule has 2 aromatic rings. The van der Waals surface area contributed by atoms with Gasteiger partial charge in [0.2, 0.25) is 5.95 Å². The fraction of sp³-hybridized carbons (Fsp3) is 0.400. The number of ether oxygens (including phenoxy) is 1. The van der Waals surface area contributed by atoms with Crippen LogP contribution < -0.4 is 5.73 Å². The van der Waals surface area contributed by atoms with Crippen LogP contribution in [-0.4, -0.2) is 46.1 Å². The molecule has 0 aliphatic carbocycles. The Morgan fingerprint density at radius 2 is 2.05 bits per heavy atom.